The first-order valence-corrected chi connectivity index (χ1v) is 7.23. The van der Waals surface area contributed by atoms with Crippen molar-refractivity contribution < 1.29 is 4.79 Å². The molecule has 0 aromatic carbocycles. The first kappa shape index (κ1) is 14.5. The zero-order valence-electron chi connectivity index (χ0n) is 11.4. The number of nitrogens with one attached hydrogen (secondary N) is 1. The number of carbonyl (C=O) groups excluding carboxylic acids is 1. The molecule has 0 heterocycles. The van der Waals surface area contributed by atoms with Crippen LogP contribution < -0.4 is 11.1 Å². The fraction of sp³-hybridized carbons (Fsp3) is 0.929. The van der Waals surface area contributed by atoms with E-state index in [0.717, 1.165) is 31.6 Å². The highest BCUT2D eigenvalue weighted by atomic mass is 16.2. The van der Waals surface area contributed by atoms with E-state index in [2.05, 4.69) is 19.2 Å². The van der Waals surface area contributed by atoms with Gasteiger partial charge in [0.1, 0.15) is 0 Å². The zero-order valence-corrected chi connectivity index (χ0v) is 11.4. The van der Waals surface area contributed by atoms with Crippen molar-refractivity contribution >= 4 is 5.91 Å². The van der Waals surface area contributed by atoms with Crippen LogP contribution in [0.3, 0.4) is 0 Å². The van der Waals surface area contributed by atoms with Crippen molar-refractivity contribution in [3.63, 3.8) is 0 Å². The summed E-state index contributed by atoms with van der Waals surface area (Å²) < 4.78 is 0. The van der Waals surface area contributed by atoms with Crippen LogP contribution in [0, 0.1) is 5.92 Å². The largest absolute Gasteiger partial charge is 0.352 e. The summed E-state index contributed by atoms with van der Waals surface area (Å²) in [5.41, 5.74) is 5.81. The molecule has 0 aromatic rings. The van der Waals surface area contributed by atoms with Gasteiger partial charge in [-0.15, -0.1) is 0 Å². The Morgan fingerprint density at radius 2 is 1.88 bits per heavy atom. The molecule has 0 radical (unpaired) electrons. The minimum atomic E-state index is -0.312. The Morgan fingerprint density at radius 1 is 1.24 bits per heavy atom. The van der Waals surface area contributed by atoms with E-state index in [0.29, 0.717) is 6.04 Å². The van der Waals surface area contributed by atoms with E-state index in [1.54, 1.807) is 0 Å². The monoisotopic (exact) mass is 240 g/mol. The normalized spacial score (nSPS) is 26.5. The molecule has 1 saturated carbocycles. The molecule has 0 bridgehead atoms. The fourth-order valence-electron chi connectivity index (χ4n) is 2.75. The minimum absolute atomic E-state index is 0.0470. The molecular weight excluding hydrogens is 212 g/mol. The predicted molar refractivity (Wildman–Crippen MR) is 71.7 cm³/mol. The summed E-state index contributed by atoms with van der Waals surface area (Å²) in [5, 5.41) is 3.10. The van der Waals surface area contributed by atoms with Crippen molar-refractivity contribution in [2.45, 2.75) is 77.3 Å². The van der Waals surface area contributed by atoms with E-state index in [4.69, 9.17) is 5.73 Å². The van der Waals surface area contributed by atoms with Gasteiger partial charge in [-0.05, 0) is 38.0 Å². The van der Waals surface area contributed by atoms with Crippen LogP contribution in [0.15, 0.2) is 0 Å². The van der Waals surface area contributed by atoms with Gasteiger partial charge in [-0.1, -0.05) is 33.1 Å². The molecule has 1 aliphatic carbocycles. The number of amides is 1. The van der Waals surface area contributed by atoms with Gasteiger partial charge in [0.15, 0.2) is 0 Å². The van der Waals surface area contributed by atoms with Gasteiger partial charge >= 0.3 is 0 Å². The summed E-state index contributed by atoms with van der Waals surface area (Å²) in [7, 11) is 0. The molecule has 1 fully saturated rings. The van der Waals surface area contributed by atoms with E-state index >= 15 is 0 Å². The van der Waals surface area contributed by atoms with Crippen molar-refractivity contribution in [2.75, 3.05) is 0 Å². The molecule has 100 valence electrons. The number of hydrogen-bond donors (Lipinski definition) is 2. The Balaban J connectivity index is 2.23. The quantitative estimate of drug-likeness (QED) is 0.750. The Kier molecular flexibility index (Phi) is 6.56. The SMILES string of the molecule is CCCC1CCC(NC(=O)C(N)CCC)CC1. The van der Waals surface area contributed by atoms with Crippen molar-refractivity contribution in [1.29, 1.82) is 0 Å². The number of hydrogen-bond acceptors (Lipinski definition) is 2. The highest BCUT2D eigenvalue weighted by Gasteiger charge is 2.23. The average Bonchev–Trinajstić information content (AvgIpc) is 2.32. The van der Waals surface area contributed by atoms with Crippen LogP contribution in [0.5, 0.6) is 0 Å². The molecule has 3 N–H and O–H groups in total. The van der Waals surface area contributed by atoms with Gasteiger partial charge in [0, 0.05) is 6.04 Å². The standard InChI is InChI=1S/C14H28N2O/c1-3-5-11-7-9-12(10-8-11)16-14(17)13(15)6-4-2/h11-13H,3-10,15H2,1-2H3,(H,16,17). The summed E-state index contributed by atoms with van der Waals surface area (Å²) in [6, 6.07) is 0.0619. The van der Waals surface area contributed by atoms with Crippen molar-refractivity contribution in [2.24, 2.45) is 11.7 Å². The van der Waals surface area contributed by atoms with Crippen LogP contribution in [0.1, 0.15) is 65.2 Å². The molecule has 1 unspecified atom stereocenters. The average molecular weight is 240 g/mol. The zero-order chi connectivity index (χ0) is 12.7. The summed E-state index contributed by atoms with van der Waals surface area (Å²) in [6.45, 7) is 4.31. The predicted octanol–water partition coefficient (Wildman–Crippen LogP) is 2.59. The third-order valence-corrected chi connectivity index (χ3v) is 3.83. The summed E-state index contributed by atoms with van der Waals surface area (Å²) >= 11 is 0. The molecule has 0 aromatic heterocycles. The third-order valence-electron chi connectivity index (χ3n) is 3.83. The Morgan fingerprint density at radius 3 is 2.41 bits per heavy atom. The Hall–Kier alpha value is -0.570. The topological polar surface area (TPSA) is 55.1 Å². The van der Waals surface area contributed by atoms with Crippen LogP contribution in [0.4, 0.5) is 0 Å². The molecule has 3 nitrogen and oxygen atoms in total. The maximum atomic E-state index is 11.8. The molecular formula is C14H28N2O. The van der Waals surface area contributed by atoms with E-state index in [-0.39, 0.29) is 11.9 Å². The lowest BCUT2D eigenvalue weighted by Gasteiger charge is -2.29. The van der Waals surface area contributed by atoms with Crippen molar-refractivity contribution in [1.82, 2.24) is 5.32 Å². The number of rotatable bonds is 6. The summed E-state index contributed by atoms with van der Waals surface area (Å²) in [6.07, 6.45) is 9.18. The lowest BCUT2D eigenvalue weighted by atomic mass is 9.83. The van der Waals surface area contributed by atoms with Gasteiger partial charge in [-0.25, -0.2) is 0 Å². The van der Waals surface area contributed by atoms with Crippen LogP contribution in [-0.2, 0) is 4.79 Å². The highest BCUT2D eigenvalue weighted by Crippen LogP contribution is 2.27. The number of nitrogens with two attached hydrogens (primary N) is 1. The van der Waals surface area contributed by atoms with Gasteiger partial charge in [-0.3, -0.25) is 4.79 Å². The molecule has 1 rings (SSSR count). The highest BCUT2D eigenvalue weighted by molar-refractivity contribution is 5.81. The molecule has 1 amide bonds. The lowest BCUT2D eigenvalue weighted by molar-refractivity contribution is -0.123. The van der Waals surface area contributed by atoms with E-state index in [1.807, 2.05) is 0 Å². The van der Waals surface area contributed by atoms with Crippen LogP contribution in [-0.4, -0.2) is 18.0 Å². The molecule has 1 aliphatic rings. The van der Waals surface area contributed by atoms with Gasteiger partial charge in [-0.2, -0.15) is 0 Å². The molecule has 1 atom stereocenters. The second-order valence-corrected chi connectivity index (χ2v) is 5.41. The van der Waals surface area contributed by atoms with Gasteiger partial charge in [0.05, 0.1) is 6.04 Å². The van der Waals surface area contributed by atoms with Crippen LogP contribution >= 0.6 is 0 Å². The first-order chi connectivity index (χ1) is 8.17. The van der Waals surface area contributed by atoms with Crippen LogP contribution in [0.25, 0.3) is 0 Å². The summed E-state index contributed by atoms with van der Waals surface area (Å²) in [5.74, 6) is 0.934. The lowest BCUT2D eigenvalue weighted by Crippen LogP contribution is -2.46. The van der Waals surface area contributed by atoms with Gasteiger partial charge in [0.2, 0.25) is 5.91 Å². The van der Waals surface area contributed by atoms with E-state index < -0.39 is 0 Å². The number of carbonyl (C=O) groups is 1. The maximum absolute atomic E-state index is 11.8. The second kappa shape index (κ2) is 7.70. The Labute approximate surface area is 106 Å². The fourth-order valence-corrected chi connectivity index (χ4v) is 2.75. The third kappa shape index (κ3) is 5.07. The second-order valence-electron chi connectivity index (χ2n) is 5.41. The van der Waals surface area contributed by atoms with Crippen molar-refractivity contribution in [3.05, 3.63) is 0 Å². The minimum Gasteiger partial charge on any atom is -0.352 e. The first-order valence-electron chi connectivity index (χ1n) is 7.23. The van der Waals surface area contributed by atoms with E-state index in [9.17, 15) is 4.79 Å². The maximum Gasteiger partial charge on any atom is 0.237 e. The summed E-state index contributed by atoms with van der Waals surface area (Å²) in [4.78, 5) is 11.8. The molecule has 17 heavy (non-hydrogen) atoms. The van der Waals surface area contributed by atoms with E-state index in [1.165, 1.54) is 25.7 Å². The smallest absolute Gasteiger partial charge is 0.237 e. The molecule has 0 spiro atoms. The molecule has 0 aliphatic heterocycles. The van der Waals surface area contributed by atoms with Crippen molar-refractivity contribution in [3.8, 4) is 0 Å². The van der Waals surface area contributed by atoms with Crippen LogP contribution in [0.2, 0.25) is 0 Å². The molecule has 3 heteroatoms. The van der Waals surface area contributed by atoms with Gasteiger partial charge in [0.25, 0.3) is 0 Å². The Bertz CT molecular complexity index is 222. The van der Waals surface area contributed by atoms with Gasteiger partial charge < -0.3 is 11.1 Å². The molecule has 0 saturated heterocycles.